The van der Waals surface area contributed by atoms with E-state index in [1.165, 1.54) is 43.4 Å². The van der Waals surface area contributed by atoms with Crippen molar-refractivity contribution < 1.29 is 9.53 Å². The minimum absolute atomic E-state index is 0.111. The van der Waals surface area contributed by atoms with Crippen LogP contribution in [-0.2, 0) is 24.6 Å². The van der Waals surface area contributed by atoms with Crippen LogP contribution < -0.4 is 0 Å². The Labute approximate surface area is 174 Å². The number of hydrogen-bond acceptors (Lipinski definition) is 3. The first-order valence-electron chi connectivity index (χ1n) is 10.9. The summed E-state index contributed by atoms with van der Waals surface area (Å²) in [5.74, 6) is 0.633. The summed E-state index contributed by atoms with van der Waals surface area (Å²) >= 11 is 0. The molecular formula is C24H33N3O2. The lowest BCUT2D eigenvalue weighted by molar-refractivity contribution is 0.0565. The number of fused-ring (bicyclic) bond motifs is 1. The summed E-state index contributed by atoms with van der Waals surface area (Å²) in [6.45, 7) is 4.29. The van der Waals surface area contributed by atoms with Crippen molar-refractivity contribution in [2.24, 2.45) is 13.0 Å². The molecule has 0 radical (unpaired) electrons. The lowest BCUT2D eigenvalue weighted by Crippen LogP contribution is -2.47. The van der Waals surface area contributed by atoms with E-state index in [1.807, 2.05) is 34.8 Å². The molecular weight excluding hydrogens is 362 g/mol. The minimum atomic E-state index is 0.111. The van der Waals surface area contributed by atoms with Crippen molar-refractivity contribution >= 4 is 5.91 Å². The molecule has 1 aromatic carbocycles. The average molecular weight is 396 g/mol. The van der Waals surface area contributed by atoms with Gasteiger partial charge in [-0.2, -0.15) is 0 Å². The summed E-state index contributed by atoms with van der Waals surface area (Å²) in [7, 11) is 3.63. The van der Waals surface area contributed by atoms with Crippen molar-refractivity contribution in [3.63, 3.8) is 0 Å². The number of methoxy groups -OCH3 is 1. The molecule has 5 nitrogen and oxygen atoms in total. The Morgan fingerprint density at radius 1 is 1.17 bits per heavy atom. The maximum atomic E-state index is 13.1. The Hall–Kier alpha value is -2.11. The molecule has 156 valence electrons. The lowest BCUT2D eigenvalue weighted by atomic mass is 9.95. The fourth-order valence-electron chi connectivity index (χ4n) is 5.01. The fourth-order valence-corrected chi connectivity index (χ4v) is 5.01. The molecule has 4 rings (SSSR count). The molecule has 1 aromatic heterocycles. The van der Waals surface area contributed by atoms with Crippen molar-refractivity contribution in [3.05, 3.63) is 59.4 Å². The quantitative estimate of drug-likeness (QED) is 0.723. The third-order valence-corrected chi connectivity index (χ3v) is 6.59. The molecule has 5 heteroatoms. The number of carbonyl (C=O) groups excluding carboxylic acids is 1. The van der Waals surface area contributed by atoms with Gasteiger partial charge in [0.25, 0.3) is 5.91 Å². The second-order valence-corrected chi connectivity index (χ2v) is 8.58. The van der Waals surface area contributed by atoms with Gasteiger partial charge < -0.3 is 14.2 Å². The number of benzene rings is 1. The number of piperidine rings is 1. The molecule has 1 saturated heterocycles. The standard InChI is InChI=1S/C24H33N3O2/c1-25-11-6-10-23(25)24(28)27(13-14-29-2)18-19-7-5-12-26(17-19)22-15-20-8-3-4-9-21(20)16-22/h3-4,6,8-11,19,22H,5,7,12-18H2,1-2H3. The molecule has 2 aliphatic rings. The number of rotatable bonds is 7. The summed E-state index contributed by atoms with van der Waals surface area (Å²) in [6, 6.07) is 13.3. The third kappa shape index (κ3) is 4.57. The smallest absolute Gasteiger partial charge is 0.270 e. The summed E-state index contributed by atoms with van der Waals surface area (Å²) < 4.78 is 7.19. The van der Waals surface area contributed by atoms with Crippen LogP contribution in [-0.4, -0.2) is 66.2 Å². The van der Waals surface area contributed by atoms with Gasteiger partial charge in [-0.25, -0.2) is 0 Å². The molecule has 2 heterocycles. The maximum absolute atomic E-state index is 13.1. The molecule has 1 aliphatic heterocycles. The highest BCUT2D eigenvalue weighted by atomic mass is 16.5. The van der Waals surface area contributed by atoms with Gasteiger partial charge in [-0.15, -0.1) is 0 Å². The topological polar surface area (TPSA) is 37.7 Å². The normalized spacial score (nSPS) is 20.0. The second kappa shape index (κ2) is 9.14. The van der Waals surface area contributed by atoms with Crippen LogP contribution in [0.2, 0.25) is 0 Å². The molecule has 1 aliphatic carbocycles. The van der Waals surface area contributed by atoms with E-state index in [1.54, 1.807) is 7.11 Å². The van der Waals surface area contributed by atoms with Crippen LogP contribution in [0.3, 0.4) is 0 Å². The van der Waals surface area contributed by atoms with Crippen LogP contribution in [0.25, 0.3) is 0 Å². The van der Waals surface area contributed by atoms with Gasteiger partial charge in [0.15, 0.2) is 0 Å². The van der Waals surface area contributed by atoms with Gasteiger partial charge in [0.05, 0.1) is 6.61 Å². The Morgan fingerprint density at radius 2 is 1.93 bits per heavy atom. The summed E-state index contributed by atoms with van der Waals surface area (Å²) in [4.78, 5) is 17.8. The summed E-state index contributed by atoms with van der Waals surface area (Å²) in [5, 5.41) is 0. The fraction of sp³-hybridized carbons (Fsp3) is 0.542. The molecule has 1 amide bonds. The minimum Gasteiger partial charge on any atom is -0.383 e. The number of amides is 1. The zero-order valence-corrected chi connectivity index (χ0v) is 17.7. The van der Waals surface area contributed by atoms with Crippen LogP contribution in [0, 0.1) is 5.92 Å². The number of aromatic nitrogens is 1. The number of carbonyl (C=O) groups is 1. The SMILES string of the molecule is COCCN(CC1CCCN(C2Cc3ccccc3C2)C1)C(=O)c1cccn1C. The zero-order valence-electron chi connectivity index (χ0n) is 17.7. The number of nitrogens with zero attached hydrogens (tertiary/aromatic N) is 3. The van der Waals surface area contributed by atoms with Crippen molar-refractivity contribution in [3.8, 4) is 0 Å². The predicted octanol–water partition coefficient (Wildman–Crippen LogP) is 2.99. The molecule has 0 N–H and O–H groups in total. The first kappa shape index (κ1) is 20.2. The molecule has 1 unspecified atom stereocenters. The highest BCUT2D eigenvalue weighted by Gasteiger charge is 2.32. The average Bonchev–Trinajstić information content (AvgIpc) is 3.37. The van der Waals surface area contributed by atoms with E-state index >= 15 is 0 Å². The number of hydrogen-bond donors (Lipinski definition) is 0. The number of aryl methyl sites for hydroxylation is 1. The first-order valence-corrected chi connectivity index (χ1v) is 10.9. The second-order valence-electron chi connectivity index (χ2n) is 8.58. The number of likely N-dealkylation sites (tertiary alicyclic amines) is 1. The van der Waals surface area contributed by atoms with Gasteiger partial charge in [0, 0.05) is 46.0 Å². The third-order valence-electron chi connectivity index (χ3n) is 6.59. The van der Waals surface area contributed by atoms with Crippen molar-refractivity contribution in [1.29, 1.82) is 0 Å². The summed E-state index contributed by atoms with van der Waals surface area (Å²) in [6.07, 6.45) is 6.67. The Bertz CT molecular complexity index is 806. The van der Waals surface area contributed by atoms with Crippen molar-refractivity contribution in [2.75, 3.05) is 39.9 Å². The van der Waals surface area contributed by atoms with Crippen molar-refractivity contribution in [1.82, 2.24) is 14.4 Å². The van der Waals surface area contributed by atoms with Gasteiger partial charge in [0.2, 0.25) is 0 Å². The Morgan fingerprint density at radius 3 is 2.59 bits per heavy atom. The van der Waals surface area contributed by atoms with Crippen LogP contribution in [0.5, 0.6) is 0 Å². The lowest BCUT2D eigenvalue weighted by Gasteiger charge is -2.38. The molecule has 2 aromatic rings. The highest BCUT2D eigenvalue weighted by molar-refractivity contribution is 5.92. The highest BCUT2D eigenvalue weighted by Crippen LogP contribution is 2.29. The van der Waals surface area contributed by atoms with E-state index in [2.05, 4.69) is 29.2 Å². The van der Waals surface area contributed by atoms with Crippen LogP contribution >= 0.6 is 0 Å². The molecule has 0 saturated carbocycles. The summed E-state index contributed by atoms with van der Waals surface area (Å²) in [5.41, 5.74) is 3.78. The van der Waals surface area contributed by atoms with E-state index in [0.717, 1.165) is 18.8 Å². The molecule has 1 atom stereocenters. The van der Waals surface area contributed by atoms with Gasteiger partial charge in [-0.05, 0) is 61.4 Å². The first-order chi connectivity index (χ1) is 14.2. The van der Waals surface area contributed by atoms with Gasteiger partial charge in [-0.3, -0.25) is 9.69 Å². The van der Waals surface area contributed by atoms with E-state index in [9.17, 15) is 4.79 Å². The molecule has 29 heavy (non-hydrogen) atoms. The van der Waals surface area contributed by atoms with Crippen LogP contribution in [0.15, 0.2) is 42.6 Å². The molecule has 0 bridgehead atoms. The number of ether oxygens (including phenoxy) is 1. The van der Waals surface area contributed by atoms with Crippen LogP contribution in [0.1, 0.15) is 34.5 Å². The largest absolute Gasteiger partial charge is 0.383 e. The van der Waals surface area contributed by atoms with Gasteiger partial charge in [-0.1, -0.05) is 24.3 Å². The van der Waals surface area contributed by atoms with Gasteiger partial charge in [0.1, 0.15) is 5.69 Å². The van der Waals surface area contributed by atoms with E-state index in [0.29, 0.717) is 25.1 Å². The predicted molar refractivity (Wildman–Crippen MR) is 115 cm³/mol. The van der Waals surface area contributed by atoms with E-state index in [4.69, 9.17) is 4.74 Å². The monoisotopic (exact) mass is 395 g/mol. The molecule has 1 fully saturated rings. The van der Waals surface area contributed by atoms with Gasteiger partial charge >= 0.3 is 0 Å². The molecule has 0 spiro atoms. The van der Waals surface area contributed by atoms with Crippen LogP contribution in [0.4, 0.5) is 0 Å². The van der Waals surface area contributed by atoms with E-state index in [-0.39, 0.29) is 5.91 Å². The van der Waals surface area contributed by atoms with E-state index < -0.39 is 0 Å². The maximum Gasteiger partial charge on any atom is 0.270 e. The zero-order chi connectivity index (χ0) is 20.2. The van der Waals surface area contributed by atoms with Crippen molar-refractivity contribution in [2.45, 2.75) is 31.7 Å². The Balaban J connectivity index is 1.40. The Kier molecular flexibility index (Phi) is 6.36.